The van der Waals surface area contributed by atoms with E-state index in [2.05, 4.69) is 16.0 Å². The maximum absolute atomic E-state index is 11.6. The van der Waals surface area contributed by atoms with Gasteiger partial charge in [0.05, 0.1) is 18.7 Å². The normalized spacial score (nSPS) is 25.4. The van der Waals surface area contributed by atoms with E-state index in [9.17, 15) is 19.2 Å². The van der Waals surface area contributed by atoms with E-state index in [0.29, 0.717) is 32.4 Å². The quantitative estimate of drug-likeness (QED) is 0.295. The number of hydrogen-bond donors (Lipinski definition) is 3. The number of carbonyl (C=O) groups excluding carboxylic acids is 4. The minimum absolute atomic E-state index is 0.0305. The Labute approximate surface area is 184 Å². The smallest absolute Gasteiger partial charge is 0.302 e. The van der Waals surface area contributed by atoms with Crippen molar-refractivity contribution in [1.82, 2.24) is 16.0 Å². The molecule has 3 amide bonds. The molecular weight excluding hydrogens is 406 g/mol. The van der Waals surface area contributed by atoms with Crippen molar-refractivity contribution in [3.63, 3.8) is 0 Å². The molecule has 1 aliphatic rings. The minimum atomic E-state index is -0.658. The fourth-order valence-electron chi connectivity index (χ4n) is 3.28. The van der Waals surface area contributed by atoms with Crippen LogP contribution in [0, 0.1) is 11.8 Å². The molecule has 0 aliphatic carbocycles. The summed E-state index contributed by atoms with van der Waals surface area (Å²) in [5.74, 6) is -0.834. The number of nitrogens with one attached hydrogen (secondary N) is 3. The summed E-state index contributed by atoms with van der Waals surface area (Å²) in [6, 6.07) is -0.317. The van der Waals surface area contributed by atoms with Crippen molar-refractivity contribution >= 4 is 23.7 Å². The number of amides is 3. The highest BCUT2D eigenvalue weighted by Gasteiger charge is 2.42. The number of ether oxygens (including phenoxy) is 3. The van der Waals surface area contributed by atoms with Crippen molar-refractivity contribution in [2.75, 3.05) is 26.3 Å². The molecule has 1 fully saturated rings. The van der Waals surface area contributed by atoms with Crippen LogP contribution in [-0.2, 0) is 33.4 Å². The van der Waals surface area contributed by atoms with Crippen molar-refractivity contribution < 1.29 is 33.4 Å². The van der Waals surface area contributed by atoms with Crippen LogP contribution in [0.25, 0.3) is 0 Å². The summed E-state index contributed by atoms with van der Waals surface area (Å²) < 4.78 is 17.0. The van der Waals surface area contributed by atoms with Crippen LogP contribution < -0.4 is 16.0 Å². The molecule has 0 aromatic heterocycles. The summed E-state index contributed by atoms with van der Waals surface area (Å²) in [5.41, 5.74) is 0. The molecule has 10 nitrogen and oxygen atoms in total. The molecule has 0 spiro atoms. The zero-order chi connectivity index (χ0) is 23.4. The Morgan fingerprint density at radius 1 is 0.968 bits per heavy atom. The number of hydrogen-bond acceptors (Lipinski definition) is 7. The topological polar surface area (TPSA) is 132 Å². The molecule has 0 saturated carbocycles. The second-order valence-electron chi connectivity index (χ2n) is 7.85. The molecule has 0 bridgehead atoms. The van der Waals surface area contributed by atoms with E-state index in [-0.39, 0.29) is 60.8 Å². The lowest BCUT2D eigenvalue weighted by molar-refractivity contribution is -0.244. The zero-order valence-corrected chi connectivity index (χ0v) is 19.2. The molecule has 10 heteroatoms. The van der Waals surface area contributed by atoms with Gasteiger partial charge in [-0.05, 0) is 24.7 Å². The molecule has 0 aromatic carbocycles. The first-order valence-electron chi connectivity index (χ1n) is 10.9. The van der Waals surface area contributed by atoms with Gasteiger partial charge in [-0.25, -0.2) is 0 Å². The van der Waals surface area contributed by atoms with E-state index in [1.807, 2.05) is 13.8 Å². The largest absolute Gasteiger partial charge is 0.463 e. The van der Waals surface area contributed by atoms with Crippen molar-refractivity contribution in [1.29, 1.82) is 0 Å². The number of esters is 1. The molecule has 1 heterocycles. The minimum Gasteiger partial charge on any atom is -0.463 e. The van der Waals surface area contributed by atoms with Gasteiger partial charge >= 0.3 is 5.97 Å². The average molecular weight is 444 g/mol. The summed E-state index contributed by atoms with van der Waals surface area (Å²) in [6.07, 6.45) is 0.716. The van der Waals surface area contributed by atoms with Crippen LogP contribution in [0.3, 0.4) is 0 Å². The van der Waals surface area contributed by atoms with E-state index in [0.717, 1.165) is 0 Å². The Balaban J connectivity index is 2.45. The van der Waals surface area contributed by atoms with Crippen molar-refractivity contribution in [2.24, 2.45) is 11.8 Å². The predicted octanol–water partition coefficient (Wildman–Crippen LogP) is 0.491. The molecule has 1 saturated heterocycles. The molecule has 1 aliphatic heterocycles. The van der Waals surface area contributed by atoms with Gasteiger partial charge in [0, 0.05) is 33.4 Å². The van der Waals surface area contributed by atoms with Crippen LogP contribution >= 0.6 is 0 Å². The van der Waals surface area contributed by atoms with Gasteiger partial charge in [-0.1, -0.05) is 20.8 Å². The molecule has 0 aromatic rings. The lowest BCUT2D eigenvalue weighted by Crippen LogP contribution is -2.58. The Kier molecular flexibility index (Phi) is 12.1. The molecule has 0 radical (unpaired) electrons. The average Bonchev–Trinajstić information content (AvgIpc) is 2.72. The summed E-state index contributed by atoms with van der Waals surface area (Å²) in [4.78, 5) is 45.6. The summed E-state index contributed by atoms with van der Waals surface area (Å²) >= 11 is 0. The van der Waals surface area contributed by atoms with Gasteiger partial charge in [0.15, 0.2) is 6.29 Å². The first-order valence-corrected chi connectivity index (χ1v) is 10.9. The van der Waals surface area contributed by atoms with E-state index < -0.39 is 6.29 Å². The monoisotopic (exact) mass is 443 g/mol. The third-order valence-corrected chi connectivity index (χ3v) is 5.35. The van der Waals surface area contributed by atoms with Gasteiger partial charge in [0.25, 0.3) is 0 Å². The highest BCUT2D eigenvalue weighted by Crippen LogP contribution is 2.31. The number of unbranched alkanes of at least 4 members (excludes halogenated alkanes) is 1. The molecular formula is C21H37N3O7. The van der Waals surface area contributed by atoms with Crippen LogP contribution in [-0.4, -0.2) is 68.4 Å². The Morgan fingerprint density at radius 2 is 1.68 bits per heavy atom. The van der Waals surface area contributed by atoms with E-state index in [1.54, 1.807) is 6.92 Å². The van der Waals surface area contributed by atoms with Crippen LogP contribution in [0.5, 0.6) is 0 Å². The van der Waals surface area contributed by atoms with Gasteiger partial charge in [0.2, 0.25) is 17.7 Å². The standard InChI is InChI=1S/C21H37N3O7/c1-6-18(27)23-11-19(28)22-9-7-8-10-29-21-20(24-15(4)25)14(3)13(2)17(31-21)12-30-16(5)26/h13-14,17,20-21H,6-12H2,1-5H3,(H,22,28)(H,23,27)(H,24,25)/t13-,14+,17?,20?,21-/m1/s1. The molecule has 2 unspecified atom stereocenters. The lowest BCUT2D eigenvalue weighted by atomic mass is 9.82. The van der Waals surface area contributed by atoms with E-state index in [1.165, 1.54) is 13.8 Å². The second kappa shape index (κ2) is 14.0. The third-order valence-electron chi connectivity index (χ3n) is 5.35. The summed E-state index contributed by atoms with van der Waals surface area (Å²) in [7, 11) is 0. The van der Waals surface area contributed by atoms with E-state index >= 15 is 0 Å². The van der Waals surface area contributed by atoms with Crippen molar-refractivity contribution in [2.45, 2.75) is 72.3 Å². The highest BCUT2D eigenvalue weighted by molar-refractivity contribution is 5.84. The van der Waals surface area contributed by atoms with Gasteiger partial charge < -0.3 is 30.2 Å². The summed E-state index contributed by atoms with van der Waals surface area (Å²) in [6.45, 7) is 9.48. The molecule has 178 valence electrons. The zero-order valence-electron chi connectivity index (χ0n) is 19.2. The highest BCUT2D eigenvalue weighted by atomic mass is 16.7. The molecule has 31 heavy (non-hydrogen) atoms. The Morgan fingerprint density at radius 3 is 2.29 bits per heavy atom. The van der Waals surface area contributed by atoms with Crippen LogP contribution in [0.2, 0.25) is 0 Å². The van der Waals surface area contributed by atoms with Crippen molar-refractivity contribution in [3.8, 4) is 0 Å². The van der Waals surface area contributed by atoms with Crippen LogP contribution in [0.15, 0.2) is 0 Å². The Bertz CT molecular complexity index is 612. The van der Waals surface area contributed by atoms with Crippen LogP contribution in [0.1, 0.15) is 53.9 Å². The second-order valence-corrected chi connectivity index (χ2v) is 7.85. The Hall–Kier alpha value is -2.20. The van der Waals surface area contributed by atoms with E-state index in [4.69, 9.17) is 14.2 Å². The number of carbonyl (C=O) groups is 4. The van der Waals surface area contributed by atoms with Gasteiger partial charge in [0.1, 0.15) is 6.61 Å². The molecule has 3 N–H and O–H groups in total. The molecule has 1 rings (SSSR count). The lowest BCUT2D eigenvalue weighted by Gasteiger charge is -2.44. The maximum atomic E-state index is 11.6. The van der Waals surface area contributed by atoms with Crippen LogP contribution in [0.4, 0.5) is 0 Å². The van der Waals surface area contributed by atoms with Crippen molar-refractivity contribution in [3.05, 3.63) is 0 Å². The van der Waals surface area contributed by atoms with Gasteiger partial charge in [-0.3, -0.25) is 19.2 Å². The van der Waals surface area contributed by atoms with Gasteiger partial charge in [-0.15, -0.1) is 0 Å². The molecule has 5 atom stereocenters. The SMILES string of the molecule is CCC(=O)NCC(=O)NCCCCO[C@@H]1OC(COC(C)=O)[C@H](C)[C@H](C)C1NC(C)=O. The fourth-order valence-corrected chi connectivity index (χ4v) is 3.28. The first kappa shape index (κ1) is 26.8. The fraction of sp³-hybridized carbons (Fsp3) is 0.810. The summed E-state index contributed by atoms with van der Waals surface area (Å²) in [5, 5.41) is 8.16. The number of rotatable bonds is 12. The third kappa shape index (κ3) is 10.1. The maximum Gasteiger partial charge on any atom is 0.302 e. The van der Waals surface area contributed by atoms with Gasteiger partial charge in [-0.2, -0.15) is 0 Å². The predicted molar refractivity (Wildman–Crippen MR) is 113 cm³/mol. The first-order chi connectivity index (χ1) is 14.6.